The number of aromatic carboxylic acids is 1. The zero-order valence-corrected chi connectivity index (χ0v) is 7.82. The van der Waals surface area contributed by atoms with Crippen molar-refractivity contribution >= 4 is 21.9 Å². The van der Waals surface area contributed by atoms with Gasteiger partial charge in [-0.2, -0.15) is 0 Å². The van der Waals surface area contributed by atoms with Crippen LogP contribution in [0.4, 0.5) is 0 Å². The Bertz CT molecular complexity index is 304. The van der Waals surface area contributed by atoms with Crippen molar-refractivity contribution in [2.75, 3.05) is 0 Å². The molecule has 1 rings (SSSR count). The van der Waals surface area contributed by atoms with Crippen molar-refractivity contribution in [3.8, 4) is 0 Å². The van der Waals surface area contributed by atoms with Crippen LogP contribution in [0.1, 0.15) is 21.6 Å². The quantitative estimate of drug-likeness (QED) is 0.758. The van der Waals surface area contributed by atoms with Gasteiger partial charge in [-0.25, -0.2) is 4.79 Å². The SMILES string of the molecule is Cc1[nH]c(Br)c(C)c1C(=O)O. The van der Waals surface area contributed by atoms with Crippen LogP contribution in [0.3, 0.4) is 0 Å². The zero-order valence-electron chi connectivity index (χ0n) is 6.23. The lowest BCUT2D eigenvalue weighted by molar-refractivity contribution is 0.0695. The highest BCUT2D eigenvalue weighted by Gasteiger charge is 2.14. The maximum absolute atomic E-state index is 10.6. The van der Waals surface area contributed by atoms with Crippen molar-refractivity contribution in [2.24, 2.45) is 0 Å². The Labute approximate surface area is 72.6 Å². The number of rotatable bonds is 1. The number of nitrogens with one attached hydrogen (secondary N) is 1. The van der Waals surface area contributed by atoms with E-state index in [0.29, 0.717) is 11.3 Å². The first-order valence-corrected chi connectivity index (χ1v) is 3.91. The third kappa shape index (κ3) is 1.30. The lowest BCUT2D eigenvalue weighted by Crippen LogP contribution is -1.98. The van der Waals surface area contributed by atoms with Crippen LogP contribution in [0.25, 0.3) is 0 Å². The van der Waals surface area contributed by atoms with Gasteiger partial charge in [0.05, 0.1) is 10.2 Å². The maximum atomic E-state index is 10.6. The summed E-state index contributed by atoms with van der Waals surface area (Å²) < 4.78 is 0.743. The summed E-state index contributed by atoms with van der Waals surface area (Å²) in [5.41, 5.74) is 1.79. The van der Waals surface area contributed by atoms with Gasteiger partial charge in [-0.3, -0.25) is 0 Å². The zero-order chi connectivity index (χ0) is 8.59. The number of carboxylic acid groups (broad SMARTS) is 1. The predicted octanol–water partition coefficient (Wildman–Crippen LogP) is 2.09. The molecule has 0 aliphatic rings. The van der Waals surface area contributed by atoms with Crippen LogP contribution < -0.4 is 0 Å². The van der Waals surface area contributed by atoms with E-state index in [-0.39, 0.29) is 0 Å². The molecule has 0 bridgehead atoms. The summed E-state index contributed by atoms with van der Waals surface area (Å²) in [6, 6.07) is 0. The number of aromatic amines is 1. The molecule has 0 aliphatic heterocycles. The van der Waals surface area contributed by atoms with Crippen LogP contribution in [0, 0.1) is 13.8 Å². The van der Waals surface area contributed by atoms with Gasteiger partial charge >= 0.3 is 5.97 Å². The van der Waals surface area contributed by atoms with Crippen LogP contribution in [0.5, 0.6) is 0 Å². The van der Waals surface area contributed by atoms with Crippen LogP contribution >= 0.6 is 15.9 Å². The minimum Gasteiger partial charge on any atom is -0.478 e. The highest BCUT2D eigenvalue weighted by Crippen LogP contribution is 2.21. The average Bonchev–Trinajstić information content (AvgIpc) is 2.07. The fourth-order valence-corrected chi connectivity index (χ4v) is 1.53. The molecule has 0 saturated carbocycles. The van der Waals surface area contributed by atoms with E-state index in [1.165, 1.54) is 0 Å². The number of hydrogen-bond donors (Lipinski definition) is 2. The van der Waals surface area contributed by atoms with E-state index in [1.54, 1.807) is 13.8 Å². The number of halogens is 1. The molecule has 0 amide bonds. The monoisotopic (exact) mass is 217 g/mol. The van der Waals surface area contributed by atoms with E-state index in [0.717, 1.165) is 10.2 Å². The number of carbonyl (C=O) groups is 1. The third-order valence-corrected chi connectivity index (χ3v) is 2.38. The molecule has 60 valence electrons. The molecule has 0 radical (unpaired) electrons. The molecule has 11 heavy (non-hydrogen) atoms. The summed E-state index contributed by atoms with van der Waals surface area (Å²) in [5.74, 6) is -0.887. The Morgan fingerprint density at radius 3 is 2.27 bits per heavy atom. The predicted molar refractivity (Wildman–Crippen MR) is 44.9 cm³/mol. The first-order chi connectivity index (χ1) is 5.04. The normalized spacial score (nSPS) is 10.1. The van der Waals surface area contributed by atoms with E-state index >= 15 is 0 Å². The van der Waals surface area contributed by atoms with Crippen LogP contribution in [-0.2, 0) is 0 Å². The van der Waals surface area contributed by atoms with Crippen molar-refractivity contribution in [1.29, 1.82) is 0 Å². The summed E-state index contributed by atoms with van der Waals surface area (Å²) in [6.45, 7) is 3.50. The maximum Gasteiger partial charge on any atom is 0.337 e. The van der Waals surface area contributed by atoms with Gasteiger partial charge in [0.1, 0.15) is 0 Å². The summed E-state index contributed by atoms with van der Waals surface area (Å²) in [7, 11) is 0. The average molecular weight is 218 g/mol. The van der Waals surface area contributed by atoms with Gasteiger partial charge in [0.15, 0.2) is 0 Å². The highest BCUT2D eigenvalue weighted by atomic mass is 79.9. The fraction of sp³-hybridized carbons (Fsp3) is 0.286. The Morgan fingerprint density at radius 2 is 2.09 bits per heavy atom. The molecular formula is C7H8BrNO2. The Morgan fingerprint density at radius 1 is 1.55 bits per heavy atom. The first kappa shape index (κ1) is 8.33. The molecule has 0 aromatic carbocycles. The number of aromatic nitrogens is 1. The second-order valence-corrected chi connectivity index (χ2v) is 3.16. The highest BCUT2D eigenvalue weighted by molar-refractivity contribution is 9.10. The van der Waals surface area contributed by atoms with Crippen LogP contribution in [0.2, 0.25) is 0 Å². The third-order valence-electron chi connectivity index (χ3n) is 1.59. The second-order valence-electron chi connectivity index (χ2n) is 2.37. The van der Waals surface area contributed by atoms with Crippen molar-refractivity contribution in [3.63, 3.8) is 0 Å². The molecule has 3 nitrogen and oxygen atoms in total. The molecule has 1 aromatic rings. The van der Waals surface area contributed by atoms with Gasteiger partial charge in [0.25, 0.3) is 0 Å². The van der Waals surface area contributed by atoms with Crippen molar-refractivity contribution in [1.82, 2.24) is 4.98 Å². The van der Waals surface area contributed by atoms with Crippen molar-refractivity contribution < 1.29 is 9.90 Å². The van der Waals surface area contributed by atoms with Gasteiger partial charge in [0.2, 0.25) is 0 Å². The minimum absolute atomic E-state index is 0.358. The largest absolute Gasteiger partial charge is 0.478 e. The number of aryl methyl sites for hydroxylation is 1. The summed E-state index contributed by atoms with van der Waals surface area (Å²) in [6.07, 6.45) is 0. The van der Waals surface area contributed by atoms with E-state index in [9.17, 15) is 4.79 Å². The van der Waals surface area contributed by atoms with E-state index in [1.807, 2.05) is 0 Å². The standard InChI is InChI=1S/C7H8BrNO2/c1-3-5(7(10)11)4(2)9-6(3)8/h9H,1-2H3,(H,10,11). The number of H-pyrrole nitrogens is 1. The molecule has 0 saturated heterocycles. The van der Waals surface area contributed by atoms with Crippen LogP contribution in [0.15, 0.2) is 4.60 Å². The number of carboxylic acids is 1. The van der Waals surface area contributed by atoms with E-state index < -0.39 is 5.97 Å². The molecule has 0 aliphatic carbocycles. The van der Waals surface area contributed by atoms with Gasteiger partial charge in [-0.1, -0.05) is 0 Å². The lowest BCUT2D eigenvalue weighted by atomic mass is 10.2. The Kier molecular flexibility index (Phi) is 2.04. The molecule has 2 N–H and O–H groups in total. The minimum atomic E-state index is -0.887. The Balaban J connectivity index is 3.34. The summed E-state index contributed by atoms with van der Waals surface area (Å²) in [4.78, 5) is 13.5. The molecule has 0 fully saturated rings. The van der Waals surface area contributed by atoms with Gasteiger partial charge in [-0.15, -0.1) is 0 Å². The molecule has 0 atom stereocenters. The molecule has 0 spiro atoms. The van der Waals surface area contributed by atoms with Gasteiger partial charge in [0, 0.05) is 5.69 Å². The van der Waals surface area contributed by atoms with Gasteiger partial charge in [-0.05, 0) is 35.3 Å². The summed E-state index contributed by atoms with van der Waals surface area (Å²) >= 11 is 3.22. The lowest BCUT2D eigenvalue weighted by Gasteiger charge is -1.91. The molecule has 4 heteroatoms. The second kappa shape index (κ2) is 2.70. The molecular weight excluding hydrogens is 210 g/mol. The smallest absolute Gasteiger partial charge is 0.337 e. The molecule has 1 aromatic heterocycles. The molecule has 1 heterocycles. The first-order valence-electron chi connectivity index (χ1n) is 3.12. The van der Waals surface area contributed by atoms with E-state index in [2.05, 4.69) is 20.9 Å². The van der Waals surface area contributed by atoms with Crippen molar-refractivity contribution in [3.05, 3.63) is 21.4 Å². The fourth-order valence-electron chi connectivity index (χ4n) is 1.03. The summed E-state index contributed by atoms with van der Waals surface area (Å²) in [5, 5.41) is 8.72. The number of hydrogen-bond acceptors (Lipinski definition) is 1. The Hall–Kier alpha value is -0.770. The van der Waals surface area contributed by atoms with E-state index in [4.69, 9.17) is 5.11 Å². The van der Waals surface area contributed by atoms with Gasteiger partial charge < -0.3 is 10.1 Å². The molecule has 0 unspecified atom stereocenters. The van der Waals surface area contributed by atoms with Crippen LogP contribution in [-0.4, -0.2) is 16.1 Å². The van der Waals surface area contributed by atoms with Crippen molar-refractivity contribution in [2.45, 2.75) is 13.8 Å². The topological polar surface area (TPSA) is 53.1 Å².